The van der Waals surface area contributed by atoms with Gasteiger partial charge in [0.05, 0.1) is 11.4 Å². The second-order valence-corrected chi connectivity index (χ2v) is 15.7. The van der Waals surface area contributed by atoms with Crippen molar-refractivity contribution in [2.75, 3.05) is 0 Å². The van der Waals surface area contributed by atoms with Gasteiger partial charge in [-0.3, -0.25) is 0 Å². The predicted octanol–water partition coefficient (Wildman–Crippen LogP) is 15.9. The van der Waals surface area contributed by atoms with Crippen LogP contribution in [0.1, 0.15) is 0 Å². The standard InChI is InChI=1S/C58H36N2O2/c1-4-15-37(16-5-1)42-33-43(38-17-6-2-7-18-38)35-44(34-42)52-36-51(59-58(60-52)41-19-8-3-9-20-41)40-29-27-39(28-30-40)45-31-32-49(57-55(45)50-22-11-13-26-54(50)62-57)48-24-14-23-47-46-21-10-12-25-53(46)61-56(47)48/h1-36H. The van der Waals surface area contributed by atoms with Crippen LogP contribution in [-0.2, 0) is 0 Å². The third-order valence-electron chi connectivity index (χ3n) is 11.9. The first kappa shape index (κ1) is 35.6. The summed E-state index contributed by atoms with van der Waals surface area (Å²) in [5.41, 5.74) is 16.8. The van der Waals surface area contributed by atoms with Crippen molar-refractivity contribution < 1.29 is 8.83 Å². The maximum Gasteiger partial charge on any atom is 0.160 e. The quantitative estimate of drug-likeness (QED) is 0.161. The summed E-state index contributed by atoms with van der Waals surface area (Å²) < 4.78 is 13.2. The molecule has 12 rings (SSSR count). The van der Waals surface area contributed by atoms with Gasteiger partial charge in [0.2, 0.25) is 0 Å². The van der Waals surface area contributed by atoms with Crippen molar-refractivity contribution in [2.45, 2.75) is 0 Å². The fourth-order valence-electron chi connectivity index (χ4n) is 8.89. The maximum atomic E-state index is 6.74. The molecule has 0 aliphatic carbocycles. The summed E-state index contributed by atoms with van der Waals surface area (Å²) in [6.45, 7) is 0. The third kappa shape index (κ3) is 6.16. The van der Waals surface area contributed by atoms with E-state index in [1.54, 1.807) is 0 Å². The van der Waals surface area contributed by atoms with Crippen LogP contribution in [0.4, 0.5) is 0 Å². The Kier molecular flexibility index (Phi) is 8.46. The predicted molar refractivity (Wildman–Crippen MR) is 255 cm³/mol. The van der Waals surface area contributed by atoms with Crippen molar-refractivity contribution in [3.05, 3.63) is 218 Å². The lowest BCUT2D eigenvalue weighted by atomic mass is 9.93. The van der Waals surface area contributed by atoms with Crippen LogP contribution in [0.15, 0.2) is 227 Å². The van der Waals surface area contributed by atoms with Crippen molar-refractivity contribution >= 4 is 43.9 Å². The van der Waals surface area contributed by atoms with Gasteiger partial charge in [-0.05, 0) is 75.8 Å². The van der Waals surface area contributed by atoms with Crippen molar-refractivity contribution in [3.8, 4) is 78.4 Å². The van der Waals surface area contributed by atoms with Crippen molar-refractivity contribution in [1.82, 2.24) is 9.97 Å². The number of benzene rings is 9. The topological polar surface area (TPSA) is 52.1 Å². The van der Waals surface area contributed by atoms with Gasteiger partial charge in [-0.15, -0.1) is 0 Å². The molecule has 0 N–H and O–H groups in total. The van der Waals surface area contributed by atoms with Gasteiger partial charge in [0.25, 0.3) is 0 Å². The average molecular weight is 793 g/mol. The minimum absolute atomic E-state index is 0.676. The molecule has 3 aromatic heterocycles. The monoisotopic (exact) mass is 792 g/mol. The van der Waals surface area contributed by atoms with Gasteiger partial charge in [0.1, 0.15) is 22.3 Å². The van der Waals surface area contributed by atoms with Crippen LogP contribution >= 0.6 is 0 Å². The molecule has 4 heteroatoms. The molecule has 0 radical (unpaired) electrons. The highest BCUT2D eigenvalue weighted by atomic mass is 16.3. The van der Waals surface area contributed by atoms with Gasteiger partial charge in [-0.25, -0.2) is 9.97 Å². The smallest absolute Gasteiger partial charge is 0.160 e. The van der Waals surface area contributed by atoms with E-state index in [1.807, 2.05) is 42.5 Å². The molecule has 0 unspecified atom stereocenters. The Morgan fingerprint density at radius 2 is 0.758 bits per heavy atom. The number of aromatic nitrogens is 2. The molecule has 290 valence electrons. The zero-order chi connectivity index (χ0) is 41.0. The summed E-state index contributed by atoms with van der Waals surface area (Å²) in [4.78, 5) is 10.4. The summed E-state index contributed by atoms with van der Waals surface area (Å²) in [6.07, 6.45) is 0. The maximum absolute atomic E-state index is 6.74. The number of hydrogen-bond donors (Lipinski definition) is 0. The third-order valence-corrected chi connectivity index (χ3v) is 11.9. The van der Waals surface area contributed by atoms with Gasteiger partial charge < -0.3 is 8.83 Å². The van der Waals surface area contributed by atoms with Gasteiger partial charge in [0.15, 0.2) is 5.82 Å². The Labute approximate surface area is 358 Å². The molecule has 0 saturated heterocycles. The minimum atomic E-state index is 0.676. The fraction of sp³-hybridized carbons (Fsp3) is 0. The van der Waals surface area contributed by atoms with Gasteiger partial charge in [-0.1, -0.05) is 176 Å². The SMILES string of the molecule is c1ccc(-c2cc(-c3ccccc3)cc(-c3cc(-c4ccc(-c5ccc(-c6cccc7c6oc6ccccc67)c6oc7ccccc7c56)cc4)nc(-c4ccccc4)n3)c2)cc1. The Morgan fingerprint density at radius 3 is 1.44 bits per heavy atom. The van der Waals surface area contributed by atoms with Crippen molar-refractivity contribution in [2.24, 2.45) is 0 Å². The van der Waals surface area contributed by atoms with Crippen molar-refractivity contribution in [1.29, 1.82) is 0 Å². The van der Waals surface area contributed by atoms with E-state index < -0.39 is 0 Å². The molecule has 0 aliphatic rings. The van der Waals surface area contributed by atoms with E-state index in [4.69, 9.17) is 18.8 Å². The van der Waals surface area contributed by atoms with Crippen LogP contribution in [0.5, 0.6) is 0 Å². The lowest BCUT2D eigenvalue weighted by Gasteiger charge is -2.13. The van der Waals surface area contributed by atoms with Gasteiger partial charge in [-0.2, -0.15) is 0 Å². The van der Waals surface area contributed by atoms with Crippen LogP contribution in [-0.4, -0.2) is 9.97 Å². The Balaban J connectivity index is 0.994. The van der Waals surface area contributed by atoms with Crippen molar-refractivity contribution in [3.63, 3.8) is 0 Å². The first-order chi connectivity index (χ1) is 30.7. The Hall–Kier alpha value is -8.34. The van der Waals surface area contributed by atoms with Crippen LogP contribution in [0.3, 0.4) is 0 Å². The number of fused-ring (bicyclic) bond motifs is 6. The van der Waals surface area contributed by atoms with Crippen LogP contribution in [0, 0.1) is 0 Å². The summed E-state index contributed by atoms with van der Waals surface area (Å²) in [5.74, 6) is 0.676. The molecule has 12 aromatic rings. The van der Waals surface area contributed by atoms with E-state index in [0.29, 0.717) is 5.82 Å². The summed E-state index contributed by atoms with van der Waals surface area (Å²) in [6, 6.07) is 76.2. The Bertz CT molecular complexity index is 3550. The molecule has 0 saturated carbocycles. The van der Waals surface area contributed by atoms with Gasteiger partial charge >= 0.3 is 0 Å². The van der Waals surface area contributed by atoms with E-state index in [2.05, 4.69) is 176 Å². The number of para-hydroxylation sites is 3. The minimum Gasteiger partial charge on any atom is -0.455 e. The van der Waals surface area contributed by atoms with E-state index in [9.17, 15) is 0 Å². The second-order valence-electron chi connectivity index (χ2n) is 15.7. The van der Waals surface area contributed by atoms with E-state index in [-0.39, 0.29) is 0 Å². The first-order valence-electron chi connectivity index (χ1n) is 20.9. The number of nitrogens with zero attached hydrogens (tertiary/aromatic N) is 2. The molecule has 3 heterocycles. The normalized spacial score (nSPS) is 11.5. The highest BCUT2D eigenvalue weighted by Gasteiger charge is 2.21. The highest BCUT2D eigenvalue weighted by Crippen LogP contribution is 2.45. The van der Waals surface area contributed by atoms with Crippen LogP contribution < -0.4 is 0 Å². The Morgan fingerprint density at radius 1 is 0.274 bits per heavy atom. The number of rotatable bonds is 7. The molecular formula is C58H36N2O2. The number of furan rings is 2. The summed E-state index contributed by atoms with van der Waals surface area (Å²) in [7, 11) is 0. The molecule has 0 amide bonds. The van der Waals surface area contributed by atoms with Gasteiger partial charge in [0, 0.05) is 49.4 Å². The molecule has 0 aliphatic heterocycles. The number of hydrogen-bond acceptors (Lipinski definition) is 4. The first-order valence-corrected chi connectivity index (χ1v) is 20.9. The van der Waals surface area contributed by atoms with Crippen LogP contribution in [0.25, 0.3) is 122 Å². The summed E-state index contributed by atoms with van der Waals surface area (Å²) >= 11 is 0. The van der Waals surface area contributed by atoms with E-state index in [0.717, 1.165) is 116 Å². The zero-order valence-corrected chi connectivity index (χ0v) is 33.5. The zero-order valence-electron chi connectivity index (χ0n) is 33.5. The van der Waals surface area contributed by atoms with Crippen LogP contribution in [0.2, 0.25) is 0 Å². The summed E-state index contributed by atoms with van der Waals surface area (Å²) in [5, 5.41) is 4.33. The lowest BCUT2D eigenvalue weighted by Crippen LogP contribution is -1.96. The molecule has 4 nitrogen and oxygen atoms in total. The average Bonchev–Trinajstić information content (AvgIpc) is 3.94. The highest BCUT2D eigenvalue weighted by molar-refractivity contribution is 6.18. The molecule has 62 heavy (non-hydrogen) atoms. The molecular weight excluding hydrogens is 757 g/mol. The molecule has 0 fully saturated rings. The molecule has 0 atom stereocenters. The molecule has 0 spiro atoms. The molecule has 9 aromatic carbocycles. The van der Waals surface area contributed by atoms with E-state index in [1.165, 1.54) is 0 Å². The second kappa shape index (κ2) is 14.7. The fourth-order valence-corrected chi connectivity index (χ4v) is 8.89. The lowest BCUT2D eigenvalue weighted by molar-refractivity contribution is 0.665. The molecule has 0 bridgehead atoms. The largest absolute Gasteiger partial charge is 0.455 e. The van der Waals surface area contributed by atoms with E-state index >= 15 is 0 Å².